The second-order valence-corrected chi connectivity index (χ2v) is 6.81. The molecule has 0 radical (unpaired) electrons. The number of amides is 1. The van der Waals surface area contributed by atoms with Crippen LogP contribution in [0.3, 0.4) is 0 Å². The van der Waals surface area contributed by atoms with Crippen LogP contribution in [0.5, 0.6) is 5.75 Å². The third-order valence-corrected chi connectivity index (χ3v) is 4.77. The number of anilines is 2. The lowest BCUT2D eigenvalue weighted by Crippen LogP contribution is -2.36. The summed E-state index contributed by atoms with van der Waals surface area (Å²) < 4.78 is 5.22. The van der Waals surface area contributed by atoms with Gasteiger partial charge in [0.25, 0.3) is 0 Å². The maximum atomic E-state index is 12.3. The lowest BCUT2D eigenvalue weighted by atomic mass is 10.2. The summed E-state index contributed by atoms with van der Waals surface area (Å²) in [7, 11) is 1.67. The van der Waals surface area contributed by atoms with Gasteiger partial charge in [-0.2, -0.15) is 0 Å². The minimum atomic E-state index is 0.00483. The van der Waals surface area contributed by atoms with E-state index in [9.17, 15) is 4.79 Å². The second kappa shape index (κ2) is 8.92. The minimum Gasteiger partial charge on any atom is -0.497 e. The normalized spacial score (nSPS) is 15.4. The fraction of sp³-hybridized carbons (Fsp3) is 0.350. The van der Waals surface area contributed by atoms with E-state index in [0.717, 1.165) is 44.0 Å². The minimum absolute atomic E-state index is 0.00483. The molecule has 0 unspecified atom stereocenters. The number of ether oxygens (including phenoxy) is 1. The molecule has 1 saturated heterocycles. The molecule has 1 heterocycles. The molecule has 1 amide bonds. The number of carbonyl (C=O) groups is 1. The third kappa shape index (κ3) is 5.13. The smallest absolute Gasteiger partial charge is 0.238 e. The van der Waals surface area contributed by atoms with Crippen molar-refractivity contribution in [2.24, 2.45) is 0 Å². The number of carbonyl (C=O) groups excluding carboxylic acids is 1. The van der Waals surface area contributed by atoms with Gasteiger partial charge in [-0.25, -0.2) is 0 Å². The molecule has 0 saturated carbocycles. The highest BCUT2D eigenvalue weighted by molar-refractivity contribution is 6.30. The number of halogens is 1. The first-order chi connectivity index (χ1) is 12.6. The number of methoxy groups -OCH3 is 1. The molecule has 0 atom stereocenters. The van der Waals surface area contributed by atoms with Crippen LogP contribution in [0.4, 0.5) is 11.4 Å². The van der Waals surface area contributed by atoms with Gasteiger partial charge in [-0.3, -0.25) is 9.69 Å². The van der Waals surface area contributed by atoms with Gasteiger partial charge in [0.15, 0.2) is 0 Å². The van der Waals surface area contributed by atoms with E-state index in [2.05, 4.69) is 27.2 Å². The Bertz CT molecular complexity index is 719. The summed E-state index contributed by atoms with van der Waals surface area (Å²) in [4.78, 5) is 16.8. The summed E-state index contributed by atoms with van der Waals surface area (Å²) in [5, 5.41) is 3.59. The number of benzene rings is 2. The van der Waals surface area contributed by atoms with Crippen LogP contribution in [-0.2, 0) is 4.79 Å². The van der Waals surface area contributed by atoms with E-state index in [4.69, 9.17) is 16.3 Å². The largest absolute Gasteiger partial charge is 0.497 e. The average Bonchev–Trinajstić information content (AvgIpc) is 2.89. The van der Waals surface area contributed by atoms with E-state index >= 15 is 0 Å². The number of hydrogen-bond donors (Lipinski definition) is 1. The van der Waals surface area contributed by atoms with Gasteiger partial charge in [-0.05, 0) is 55.0 Å². The number of nitrogens with zero attached hydrogens (tertiary/aromatic N) is 2. The first kappa shape index (κ1) is 18.5. The molecule has 1 aliphatic heterocycles. The molecular formula is C20H24ClN3O2. The Balaban J connectivity index is 1.51. The van der Waals surface area contributed by atoms with Crippen LogP contribution >= 0.6 is 11.6 Å². The Morgan fingerprint density at radius 1 is 1.04 bits per heavy atom. The molecule has 1 N–H and O–H groups in total. The van der Waals surface area contributed by atoms with Gasteiger partial charge in [0.2, 0.25) is 5.91 Å². The van der Waals surface area contributed by atoms with E-state index in [1.54, 1.807) is 19.2 Å². The Morgan fingerprint density at radius 2 is 1.77 bits per heavy atom. The molecule has 2 aromatic rings. The topological polar surface area (TPSA) is 44.8 Å². The fourth-order valence-corrected chi connectivity index (χ4v) is 3.24. The van der Waals surface area contributed by atoms with Gasteiger partial charge in [0.05, 0.1) is 13.7 Å². The Kier molecular flexibility index (Phi) is 6.36. The van der Waals surface area contributed by atoms with Gasteiger partial charge >= 0.3 is 0 Å². The molecule has 26 heavy (non-hydrogen) atoms. The number of rotatable bonds is 5. The van der Waals surface area contributed by atoms with E-state index < -0.39 is 0 Å². The predicted molar refractivity (Wildman–Crippen MR) is 106 cm³/mol. The average molecular weight is 374 g/mol. The van der Waals surface area contributed by atoms with Crippen molar-refractivity contribution in [3.8, 4) is 5.75 Å². The molecule has 6 heteroatoms. The number of hydrogen-bond acceptors (Lipinski definition) is 4. The van der Waals surface area contributed by atoms with Crippen molar-refractivity contribution in [3.05, 3.63) is 53.6 Å². The number of nitrogens with one attached hydrogen (secondary N) is 1. The van der Waals surface area contributed by atoms with Crippen LogP contribution in [0, 0.1) is 0 Å². The van der Waals surface area contributed by atoms with Crippen molar-refractivity contribution in [1.82, 2.24) is 4.90 Å². The second-order valence-electron chi connectivity index (χ2n) is 6.37. The SMILES string of the molecule is COc1ccc(N2CCCN(CC(=O)Nc3ccc(Cl)cc3)CC2)cc1. The quantitative estimate of drug-likeness (QED) is 0.871. The van der Waals surface area contributed by atoms with Crippen molar-refractivity contribution in [2.75, 3.05) is 50.1 Å². The third-order valence-electron chi connectivity index (χ3n) is 4.52. The highest BCUT2D eigenvalue weighted by Crippen LogP contribution is 2.20. The van der Waals surface area contributed by atoms with Crippen LogP contribution in [0.2, 0.25) is 5.02 Å². The van der Waals surface area contributed by atoms with Gasteiger partial charge in [-0.1, -0.05) is 11.6 Å². The molecule has 2 aromatic carbocycles. The van der Waals surface area contributed by atoms with E-state index in [0.29, 0.717) is 11.6 Å². The molecule has 1 aliphatic rings. The summed E-state index contributed by atoms with van der Waals surface area (Å²) in [6.07, 6.45) is 1.03. The molecule has 0 spiro atoms. The summed E-state index contributed by atoms with van der Waals surface area (Å²) in [6, 6.07) is 15.3. The first-order valence-corrected chi connectivity index (χ1v) is 9.18. The Labute approximate surface area is 159 Å². The van der Waals surface area contributed by atoms with E-state index in [-0.39, 0.29) is 5.91 Å². The van der Waals surface area contributed by atoms with Crippen LogP contribution in [0.25, 0.3) is 0 Å². The lowest BCUT2D eigenvalue weighted by Gasteiger charge is -2.23. The Hall–Kier alpha value is -2.24. The van der Waals surface area contributed by atoms with Gasteiger partial charge in [0, 0.05) is 42.6 Å². The van der Waals surface area contributed by atoms with Crippen molar-refractivity contribution >= 4 is 28.9 Å². The molecule has 0 aliphatic carbocycles. The zero-order valence-corrected chi connectivity index (χ0v) is 15.7. The zero-order valence-electron chi connectivity index (χ0n) is 15.0. The standard InChI is InChI=1S/C20H24ClN3O2/c1-26-19-9-7-18(8-10-19)24-12-2-11-23(13-14-24)15-20(25)22-17-5-3-16(21)4-6-17/h3-10H,2,11-15H2,1H3,(H,22,25). The highest BCUT2D eigenvalue weighted by atomic mass is 35.5. The Morgan fingerprint density at radius 3 is 2.46 bits per heavy atom. The first-order valence-electron chi connectivity index (χ1n) is 8.81. The monoisotopic (exact) mass is 373 g/mol. The summed E-state index contributed by atoms with van der Waals surface area (Å²) in [5.41, 5.74) is 1.97. The van der Waals surface area contributed by atoms with Crippen molar-refractivity contribution in [1.29, 1.82) is 0 Å². The fourth-order valence-electron chi connectivity index (χ4n) is 3.12. The summed E-state index contributed by atoms with van der Waals surface area (Å²) in [5.74, 6) is 0.870. The summed E-state index contributed by atoms with van der Waals surface area (Å²) in [6.45, 7) is 4.07. The van der Waals surface area contributed by atoms with Gasteiger partial charge in [0.1, 0.15) is 5.75 Å². The maximum absolute atomic E-state index is 12.3. The van der Waals surface area contributed by atoms with Crippen LogP contribution < -0.4 is 15.0 Å². The van der Waals surface area contributed by atoms with Crippen molar-refractivity contribution in [2.45, 2.75) is 6.42 Å². The molecule has 138 valence electrons. The zero-order chi connectivity index (χ0) is 18.4. The molecule has 5 nitrogen and oxygen atoms in total. The van der Waals surface area contributed by atoms with Crippen LogP contribution in [0.1, 0.15) is 6.42 Å². The molecular weight excluding hydrogens is 350 g/mol. The van der Waals surface area contributed by atoms with Crippen LogP contribution in [0.15, 0.2) is 48.5 Å². The van der Waals surface area contributed by atoms with Gasteiger partial charge in [-0.15, -0.1) is 0 Å². The van der Waals surface area contributed by atoms with Crippen LogP contribution in [-0.4, -0.2) is 50.6 Å². The predicted octanol–water partition coefficient (Wildman–Crippen LogP) is 3.50. The highest BCUT2D eigenvalue weighted by Gasteiger charge is 2.17. The molecule has 1 fully saturated rings. The van der Waals surface area contributed by atoms with E-state index in [1.165, 1.54) is 5.69 Å². The summed E-state index contributed by atoms with van der Waals surface area (Å²) >= 11 is 5.87. The van der Waals surface area contributed by atoms with Crippen molar-refractivity contribution in [3.63, 3.8) is 0 Å². The molecule has 0 bridgehead atoms. The van der Waals surface area contributed by atoms with E-state index in [1.807, 2.05) is 24.3 Å². The van der Waals surface area contributed by atoms with Crippen molar-refractivity contribution < 1.29 is 9.53 Å². The molecule has 0 aromatic heterocycles. The molecule has 3 rings (SSSR count). The lowest BCUT2D eigenvalue weighted by molar-refractivity contribution is -0.117. The van der Waals surface area contributed by atoms with Gasteiger partial charge < -0.3 is 15.0 Å². The maximum Gasteiger partial charge on any atom is 0.238 e.